The smallest absolute Gasteiger partial charge is 0.229 e. The van der Waals surface area contributed by atoms with Crippen molar-refractivity contribution in [1.82, 2.24) is 9.97 Å². The van der Waals surface area contributed by atoms with Gasteiger partial charge >= 0.3 is 0 Å². The highest BCUT2D eigenvalue weighted by Crippen LogP contribution is 2.30. The summed E-state index contributed by atoms with van der Waals surface area (Å²) in [5.74, 6) is 0.0131. The summed E-state index contributed by atoms with van der Waals surface area (Å²) in [7, 11) is 1.95. The minimum atomic E-state index is -0.701. The van der Waals surface area contributed by atoms with Crippen LogP contribution >= 0.6 is 12.4 Å². The molecule has 0 radical (unpaired) electrons. The molecule has 1 aromatic heterocycles. The molecule has 0 bridgehead atoms. The van der Waals surface area contributed by atoms with E-state index < -0.39 is 11.6 Å². The largest absolute Gasteiger partial charge is 0.505 e. The Bertz CT molecular complexity index is 950. The van der Waals surface area contributed by atoms with Crippen molar-refractivity contribution in [2.24, 2.45) is 0 Å². The van der Waals surface area contributed by atoms with Crippen LogP contribution in [0.1, 0.15) is 12.8 Å². The highest BCUT2D eigenvalue weighted by Gasteiger charge is 2.23. The minimum absolute atomic E-state index is 0. The predicted molar refractivity (Wildman–Crippen MR) is 106 cm³/mol. The van der Waals surface area contributed by atoms with Gasteiger partial charge in [-0.2, -0.15) is 4.98 Å². The summed E-state index contributed by atoms with van der Waals surface area (Å²) in [5, 5.41) is 13.3. The Morgan fingerprint density at radius 2 is 2.04 bits per heavy atom. The Morgan fingerprint density at radius 1 is 1.22 bits per heavy atom. The van der Waals surface area contributed by atoms with E-state index in [1.54, 1.807) is 6.07 Å². The lowest BCUT2D eigenvalue weighted by atomic mass is 10.2. The van der Waals surface area contributed by atoms with Gasteiger partial charge in [0, 0.05) is 30.8 Å². The first kappa shape index (κ1) is 19.1. The molecule has 0 saturated carbocycles. The average molecular weight is 391 g/mol. The molecule has 0 amide bonds. The van der Waals surface area contributed by atoms with Crippen molar-refractivity contribution < 1.29 is 14.2 Å². The van der Waals surface area contributed by atoms with Crippen LogP contribution in [0.4, 0.5) is 21.8 Å². The van der Waals surface area contributed by atoms with Crippen LogP contribution in [-0.2, 0) is 4.74 Å². The fourth-order valence-electron chi connectivity index (χ4n) is 3.10. The van der Waals surface area contributed by atoms with Crippen molar-refractivity contribution in [1.29, 1.82) is 0 Å². The Kier molecular flexibility index (Phi) is 5.62. The summed E-state index contributed by atoms with van der Waals surface area (Å²) < 4.78 is 19.4. The monoisotopic (exact) mass is 390 g/mol. The van der Waals surface area contributed by atoms with Gasteiger partial charge in [-0.1, -0.05) is 12.1 Å². The van der Waals surface area contributed by atoms with Crippen molar-refractivity contribution >= 4 is 40.8 Å². The summed E-state index contributed by atoms with van der Waals surface area (Å²) >= 11 is 0. The lowest BCUT2D eigenvalue weighted by Gasteiger charge is -2.26. The van der Waals surface area contributed by atoms with Gasteiger partial charge < -0.3 is 20.1 Å². The number of ether oxygens (including phenoxy) is 1. The van der Waals surface area contributed by atoms with Crippen molar-refractivity contribution in [2.75, 3.05) is 23.9 Å². The molecule has 142 valence electrons. The Hall–Kier alpha value is -2.64. The molecular formula is C19H20ClFN4O2. The first-order valence-electron chi connectivity index (χ1n) is 8.48. The van der Waals surface area contributed by atoms with Crippen molar-refractivity contribution in [2.45, 2.75) is 19.1 Å². The number of aromatic nitrogens is 2. The van der Waals surface area contributed by atoms with Gasteiger partial charge in [-0.3, -0.25) is 0 Å². The van der Waals surface area contributed by atoms with E-state index >= 15 is 0 Å². The number of hydrogen-bond donors (Lipinski definition) is 2. The molecule has 2 heterocycles. The van der Waals surface area contributed by atoms with E-state index in [0.717, 1.165) is 36.2 Å². The number of nitrogens with one attached hydrogen (secondary N) is 1. The van der Waals surface area contributed by atoms with Gasteiger partial charge in [-0.15, -0.1) is 12.4 Å². The molecule has 2 N–H and O–H groups in total. The Labute approximate surface area is 162 Å². The molecular weight excluding hydrogens is 371 g/mol. The van der Waals surface area contributed by atoms with Gasteiger partial charge in [0.2, 0.25) is 5.95 Å². The second kappa shape index (κ2) is 7.94. The third-order valence-electron chi connectivity index (χ3n) is 4.46. The van der Waals surface area contributed by atoms with Crippen LogP contribution in [0, 0.1) is 5.82 Å². The molecule has 4 rings (SSSR count). The molecule has 8 heteroatoms. The average Bonchev–Trinajstić information content (AvgIpc) is 3.18. The van der Waals surface area contributed by atoms with E-state index in [0.29, 0.717) is 11.6 Å². The minimum Gasteiger partial charge on any atom is -0.505 e. The number of hydrogen-bond acceptors (Lipinski definition) is 6. The van der Waals surface area contributed by atoms with Gasteiger partial charge in [0.05, 0.1) is 5.52 Å². The zero-order valence-corrected chi connectivity index (χ0v) is 15.5. The maximum Gasteiger partial charge on any atom is 0.229 e. The predicted octanol–water partition coefficient (Wildman–Crippen LogP) is 4.21. The number of anilines is 3. The van der Waals surface area contributed by atoms with Crippen LogP contribution in [0.5, 0.6) is 5.75 Å². The van der Waals surface area contributed by atoms with Gasteiger partial charge in [0.15, 0.2) is 11.6 Å². The van der Waals surface area contributed by atoms with Crippen LogP contribution in [-0.4, -0.2) is 35.0 Å². The number of aromatic hydroxyl groups is 1. The van der Waals surface area contributed by atoms with Gasteiger partial charge in [-0.05, 0) is 37.1 Å². The summed E-state index contributed by atoms with van der Waals surface area (Å²) in [4.78, 5) is 11.2. The van der Waals surface area contributed by atoms with E-state index in [-0.39, 0.29) is 18.6 Å². The lowest BCUT2D eigenvalue weighted by Crippen LogP contribution is -2.31. The fraction of sp³-hybridized carbons (Fsp3) is 0.263. The summed E-state index contributed by atoms with van der Waals surface area (Å²) in [5.41, 5.74) is 1.24. The number of fused-ring (bicyclic) bond motifs is 1. The molecule has 1 atom stereocenters. The van der Waals surface area contributed by atoms with E-state index in [1.807, 2.05) is 36.2 Å². The van der Waals surface area contributed by atoms with Crippen molar-refractivity contribution in [3.63, 3.8) is 0 Å². The highest BCUT2D eigenvalue weighted by atomic mass is 35.5. The fourth-order valence-corrected chi connectivity index (χ4v) is 3.10. The van der Waals surface area contributed by atoms with Crippen LogP contribution in [0.3, 0.4) is 0 Å². The summed E-state index contributed by atoms with van der Waals surface area (Å²) in [6, 6.07) is 11.8. The standard InChI is InChI=1S/C19H19FN4O2.ClH/c1-24(17-7-4-10-26-17)18-13-5-2-3-6-15(13)22-19(23-18)21-12-8-9-16(25)14(20)11-12;/h2-3,5-6,8-9,11,17,25H,4,7,10H2,1H3,(H,21,22,23);1H. The molecule has 1 unspecified atom stereocenters. The maximum atomic E-state index is 13.6. The zero-order valence-electron chi connectivity index (χ0n) is 14.7. The highest BCUT2D eigenvalue weighted by molar-refractivity contribution is 5.90. The molecule has 0 spiro atoms. The Balaban J connectivity index is 0.00000210. The quantitative estimate of drug-likeness (QED) is 0.650. The molecule has 27 heavy (non-hydrogen) atoms. The number of rotatable bonds is 4. The molecule has 1 aliphatic rings. The van der Waals surface area contributed by atoms with Crippen LogP contribution in [0.2, 0.25) is 0 Å². The Morgan fingerprint density at radius 3 is 2.78 bits per heavy atom. The lowest BCUT2D eigenvalue weighted by molar-refractivity contribution is 0.111. The molecule has 1 aliphatic heterocycles. The second-order valence-corrected chi connectivity index (χ2v) is 6.26. The SMILES string of the molecule is CN(c1nc(Nc2ccc(O)c(F)c2)nc2ccccc12)C1CCCO1.Cl. The molecule has 0 aliphatic carbocycles. The van der Waals surface area contributed by atoms with Crippen LogP contribution < -0.4 is 10.2 Å². The van der Waals surface area contributed by atoms with Crippen LogP contribution in [0.15, 0.2) is 42.5 Å². The van der Waals surface area contributed by atoms with E-state index in [4.69, 9.17) is 4.74 Å². The number of phenols is 1. The van der Waals surface area contributed by atoms with E-state index in [9.17, 15) is 9.50 Å². The molecule has 2 aromatic carbocycles. The third kappa shape index (κ3) is 3.89. The number of halogens is 2. The van der Waals surface area contributed by atoms with Crippen molar-refractivity contribution in [3.8, 4) is 5.75 Å². The zero-order chi connectivity index (χ0) is 18.1. The normalized spacial score (nSPS) is 16.1. The molecule has 3 aromatic rings. The first-order valence-corrected chi connectivity index (χ1v) is 8.48. The number of para-hydroxylation sites is 1. The maximum absolute atomic E-state index is 13.6. The van der Waals surface area contributed by atoms with Crippen LogP contribution in [0.25, 0.3) is 10.9 Å². The third-order valence-corrected chi connectivity index (χ3v) is 4.46. The molecule has 1 saturated heterocycles. The van der Waals surface area contributed by atoms with Gasteiger partial charge in [0.1, 0.15) is 12.0 Å². The topological polar surface area (TPSA) is 70.5 Å². The van der Waals surface area contributed by atoms with E-state index in [2.05, 4.69) is 15.3 Å². The van der Waals surface area contributed by atoms with Gasteiger partial charge in [0.25, 0.3) is 0 Å². The molecule has 6 nitrogen and oxygen atoms in total. The van der Waals surface area contributed by atoms with Gasteiger partial charge in [-0.25, -0.2) is 9.37 Å². The van der Waals surface area contributed by atoms with Crippen molar-refractivity contribution in [3.05, 3.63) is 48.3 Å². The second-order valence-electron chi connectivity index (χ2n) is 6.26. The summed E-state index contributed by atoms with van der Waals surface area (Å²) in [6.45, 7) is 0.746. The first-order chi connectivity index (χ1) is 12.6. The number of benzene rings is 2. The number of nitrogens with zero attached hydrogens (tertiary/aromatic N) is 3. The summed E-state index contributed by atoms with van der Waals surface area (Å²) in [6.07, 6.45) is 1.95. The number of phenolic OH excluding ortho intramolecular Hbond substituents is 1. The van der Waals surface area contributed by atoms with E-state index in [1.165, 1.54) is 12.1 Å². The molecule has 1 fully saturated rings.